The highest BCUT2D eigenvalue weighted by molar-refractivity contribution is 5.89. The highest BCUT2D eigenvalue weighted by Crippen LogP contribution is 2.31. The summed E-state index contributed by atoms with van der Waals surface area (Å²) in [4.78, 5) is 31.2. The molecule has 1 aromatic carbocycles. The van der Waals surface area contributed by atoms with E-state index in [2.05, 4.69) is 22.0 Å². The molecule has 1 saturated heterocycles. The van der Waals surface area contributed by atoms with Gasteiger partial charge in [0.05, 0.1) is 11.7 Å². The molecule has 196 valence electrons. The van der Waals surface area contributed by atoms with Crippen LogP contribution in [0, 0.1) is 18.3 Å². The number of benzene rings is 1. The summed E-state index contributed by atoms with van der Waals surface area (Å²) in [5.41, 5.74) is 10.1. The Hall–Kier alpha value is -4.23. The normalized spacial score (nSPS) is 15.6. The van der Waals surface area contributed by atoms with Crippen molar-refractivity contribution in [1.82, 2.24) is 19.1 Å². The van der Waals surface area contributed by atoms with Crippen molar-refractivity contribution < 1.29 is 9.57 Å². The standard InChI is InChI=1S/C28H33N8O2/c1-18(2)11-13-35-26-25(22(14-29)27(35)33-12-7-8-20(30)15-33)31-17-34(28(26)37)16-24-32-23-10-6-5-9-21(23)19(3)36(24)38-4/h5-6,9-11,17,20H,7-8,12-13,15-16,30H2,1-4H3/q+1. The summed E-state index contributed by atoms with van der Waals surface area (Å²) >= 11 is 0. The summed E-state index contributed by atoms with van der Waals surface area (Å²) in [6, 6.07) is 10.2. The number of aromatic nitrogens is 5. The Bertz CT molecular complexity index is 1660. The molecule has 3 aromatic heterocycles. The van der Waals surface area contributed by atoms with Crippen LogP contribution in [0.25, 0.3) is 21.9 Å². The van der Waals surface area contributed by atoms with Crippen molar-refractivity contribution in [2.75, 3.05) is 25.1 Å². The van der Waals surface area contributed by atoms with Crippen molar-refractivity contribution in [1.29, 1.82) is 5.26 Å². The molecular weight excluding hydrogens is 480 g/mol. The van der Waals surface area contributed by atoms with E-state index in [1.807, 2.05) is 49.6 Å². The highest BCUT2D eigenvalue weighted by atomic mass is 16.6. The van der Waals surface area contributed by atoms with Gasteiger partial charge in [0.2, 0.25) is 0 Å². The quantitative estimate of drug-likeness (QED) is 0.310. The van der Waals surface area contributed by atoms with Crippen molar-refractivity contribution >= 4 is 27.8 Å². The largest absolute Gasteiger partial charge is 0.357 e. The second kappa shape index (κ2) is 10.3. The maximum atomic E-state index is 14.0. The number of rotatable bonds is 6. The molecule has 0 spiro atoms. The molecule has 0 bridgehead atoms. The first-order valence-corrected chi connectivity index (χ1v) is 12.8. The zero-order chi connectivity index (χ0) is 27.0. The number of anilines is 1. The average Bonchev–Trinajstić information content (AvgIpc) is 3.23. The topological polar surface area (TPSA) is 119 Å². The van der Waals surface area contributed by atoms with E-state index in [-0.39, 0.29) is 18.1 Å². The van der Waals surface area contributed by atoms with E-state index in [0.717, 1.165) is 41.6 Å². The lowest BCUT2D eigenvalue weighted by Gasteiger charge is -2.33. The Morgan fingerprint density at radius 1 is 1.34 bits per heavy atom. The van der Waals surface area contributed by atoms with Gasteiger partial charge in [0.15, 0.2) is 11.2 Å². The number of aryl methyl sites for hydroxylation is 1. The van der Waals surface area contributed by atoms with E-state index < -0.39 is 0 Å². The molecule has 4 aromatic rings. The fourth-order valence-electron chi connectivity index (χ4n) is 5.31. The molecule has 2 N–H and O–H groups in total. The molecule has 0 amide bonds. The number of nitriles is 1. The predicted molar refractivity (Wildman–Crippen MR) is 146 cm³/mol. The van der Waals surface area contributed by atoms with Crippen LogP contribution in [-0.2, 0) is 13.1 Å². The van der Waals surface area contributed by atoms with E-state index in [1.54, 1.807) is 11.8 Å². The van der Waals surface area contributed by atoms with Gasteiger partial charge in [0, 0.05) is 32.6 Å². The third-order valence-electron chi connectivity index (χ3n) is 7.13. The van der Waals surface area contributed by atoms with Crippen molar-refractivity contribution in [3.63, 3.8) is 0 Å². The summed E-state index contributed by atoms with van der Waals surface area (Å²) < 4.78 is 5.09. The van der Waals surface area contributed by atoms with E-state index >= 15 is 0 Å². The molecule has 1 fully saturated rings. The lowest BCUT2D eigenvalue weighted by atomic mass is 10.1. The van der Waals surface area contributed by atoms with Crippen LogP contribution in [0.5, 0.6) is 0 Å². The molecule has 0 saturated carbocycles. The molecule has 0 radical (unpaired) electrons. The molecule has 1 atom stereocenters. The molecule has 10 heteroatoms. The summed E-state index contributed by atoms with van der Waals surface area (Å²) in [7, 11) is 1.58. The minimum Gasteiger partial charge on any atom is -0.355 e. The average molecular weight is 514 g/mol. The second-order valence-electron chi connectivity index (χ2n) is 10.0. The van der Waals surface area contributed by atoms with Gasteiger partial charge < -0.3 is 20.0 Å². The number of fused-ring (bicyclic) bond motifs is 2. The van der Waals surface area contributed by atoms with Crippen LogP contribution in [0.3, 0.4) is 0 Å². The Labute approximate surface area is 221 Å². The Morgan fingerprint density at radius 2 is 2.13 bits per heavy atom. The van der Waals surface area contributed by atoms with Gasteiger partial charge >= 0.3 is 5.82 Å². The first-order valence-electron chi connectivity index (χ1n) is 12.8. The van der Waals surface area contributed by atoms with Gasteiger partial charge in [-0.3, -0.25) is 9.36 Å². The van der Waals surface area contributed by atoms with Gasteiger partial charge in [-0.15, -0.1) is 0 Å². The predicted octanol–water partition coefficient (Wildman–Crippen LogP) is 2.21. The first-order chi connectivity index (χ1) is 18.3. The van der Waals surface area contributed by atoms with E-state index in [4.69, 9.17) is 15.6 Å². The fourth-order valence-corrected chi connectivity index (χ4v) is 5.31. The number of hydrogen-bond donors (Lipinski definition) is 1. The van der Waals surface area contributed by atoms with Crippen LogP contribution in [0.15, 0.2) is 47.0 Å². The molecule has 1 unspecified atom stereocenters. The van der Waals surface area contributed by atoms with Gasteiger partial charge in [-0.25, -0.2) is 4.98 Å². The number of nitrogens with zero attached hydrogens (tertiary/aromatic N) is 7. The zero-order valence-corrected chi connectivity index (χ0v) is 22.3. The van der Waals surface area contributed by atoms with E-state index in [1.165, 1.54) is 10.9 Å². The van der Waals surface area contributed by atoms with Crippen LogP contribution < -0.4 is 25.8 Å². The summed E-state index contributed by atoms with van der Waals surface area (Å²) in [5, 5.41) is 11.2. The maximum Gasteiger partial charge on any atom is 0.357 e. The molecular formula is C28H33N8O2+. The van der Waals surface area contributed by atoms with Crippen LogP contribution in [0.4, 0.5) is 5.82 Å². The summed E-state index contributed by atoms with van der Waals surface area (Å²) in [6.45, 7) is 8.00. The van der Waals surface area contributed by atoms with Gasteiger partial charge in [0.1, 0.15) is 42.1 Å². The lowest BCUT2D eigenvalue weighted by molar-refractivity contribution is -0.895. The SMILES string of the molecule is CO[n+]1c(Cn2cnc3c(C#N)c(N4CCCC(N)C4)n(CC=C(C)C)c3c2=O)nc2ccccc2c1C. The number of nitrogens with two attached hydrogens (primary N) is 1. The fraction of sp³-hybridized carbons (Fsp3) is 0.393. The number of para-hydroxylation sites is 1. The van der Waals surface area contributed by atoms with Crippen molar-refractivity contribution in [2.45, 2.75) is 52.7 Å². The Balaban J connectivity index is 1.70. The molecule has 38 heavy (non-hydrogen) atoms. The van der Waals surface area contributed by atoms with Crippen LogP contribution in [0.1, 0.15) is 43.8 Å². The lowest BCUT2D eigenvalue weighted by Crippen LogP contribution is -2.49. The third-order valence-corrected chi connectivity index (χ3v) is 7.13. The Morgan fingerprint density at radius 3 is 2.84 bits per heavy atom. The number of hydrogen-bond acceptors (Lipinski definition) is 7. The molecule has 4 heterocycles. The highest BCUT2D eigenvalue weighted by Gasteiger charge is 2.29. The van der Waals surface area contributed by atoms with Crippen LogP contribution in [-0.4, -0.2) is 45.3 Å². The van der Waals surface area contributed by atoms with Crippen LogP contribution in [0.2, 0.25) is 0 Å². The Kier molecular flexibility index (Phi) is 6.87. The first kappa shape index (κ1) is 25.4. The van der Waals surface area contributed by atoms with Gasteiger partial charge in [-0.1, -0.05) is 23.8 Å². The van der Waals surface area contributed by atoms with Crippen molar-refractivity contribution in [3.05, 3.63) is 69.7 Å². The summed E-state index contributed by atoms with van der Waals surface area (Å²) in [6.07, 6.45) is 5.42. The summed E-state index contributed by atoms with van der Waals surface area (Å²) in [5.74, 6) is 1.28. The molecule has 0 aliphatic carbocycles. The number of piperidine rings is 1. The zero-order valence-electron chi connectivity index (χ0n) is 22.3. The number of allylic oxidation sites excluding steroid dienone is 2. The molecule has 10 nitrogen and oxygen atoms in total. The maximum absolute atomic E-state index is 14.0. The molecule has 1 aliphatic rings. The monoisotopic (exact) mass is 513 g/mol. The van der Waals surface area contributed by atoms with Crippen molar-refractivity contribution in [3.8, 4) is 6.07 Å². The minimum atomic E-state index is -0.239. The van der Waals surface area contributed by atoms with E-state index in [9.17, 15) is 10.1 Å². The van der Waals surface area contributed by atoms with Crippen molar-refractivity contribution in [2.24, 2.45) is 5.73 Å². The second-order valence-corrected chi connectivity index (χ2v) is 10.0. The third kappa shape index (κ3) is 4.39. The molecule has 5 rings (SSSR count). The molecule has 1 aliphatic heterocycles. The van der Waals surface area contributed by atoms with Gasteiger partial charge in [-0.05, 0) is 48.5 Å². The minimum absolute atomic E-state index is 0.0153. The van der Waals surface area contributed by atoms with E-state index in [0.29, 0.717) is 41.3 Å². The van der Waals surface area contributed by atoms with Crippen LogP contribution >= 0.6 is 0 Å². The van der Waals surface area contributed by atoms with Gasteiger partial charge in [0.25, 0.3) is 5.56 Å². The van der Waals surface area contributed by atoms with Gasteiger partial charge in [-0.2, -0.15) is 5.26 Å². The smallest absolute Gasteiger partial charge is 0.355 e.